The predicted molar refractivity (Wildman–Crippen MR) is 83.6 cm³/mol. The number of pyridine rings is 1. The Labute approximate surface area is 124 Å². The average Bonchev–Trinajstić information content (AvgIpc) is 2.93. The molecule has 1 heterocycles. The van der Waals surface area contributed by atoms with Crippen molar-refractivity contribution >= 4 is 11.8 Å². The molecule has 3 N–H and O–H groups in total. The molecule has 4 heteroatoms. The van der Waals surface area contributed by atoms with Crippen molar-refractivity contribution in [1.29, 1.82) is 0 Å². The average molecular weight is 285 g/mol. The highest BCUT2D eigenvalue weighted by atomic mass is 32.2. The molecular formula is C16H19N3S. The maximum absolute atomic E-state index is 5.78. The van der Waals surface area contributed by atoms with Gasteiger partial charge >= 0.3 is 0 Å². The zero-order valence-electron chi connectivity index (χ0n) is 11.3. The van der Waals surface area contributed by atoms with Crippen LogP contribution in [0.3, 0.4) is 0 Å². The van der Waals surface area contributed by atoms with Crippen LogP contribution in [0.25, 0.3) is 0 Å². The first kappa shape index (κ1) is 13.6. The quantitative estimate of drug-likeness (QED) is 0.504. The summed E-state index contributed by atoms with van der Waals surface area (Å²) in [5, 5.41) is 0. The molecule has 3 rings (SSSR count). The number of hydrogen-bond donors (Lipinski definition) is 2. The second-order valence-corrected chi connectivity index (χ2v) is 6.18. The Balaban J connectivity index is 1.69. The number of rotatable bonds is 5. The van der Waals surface area contributed by atoms with Crippen LogP contribution in [-0.4, -0.2) is 16.8 Å². The molecule has 0 bridgehead atoms. The summed E-state index contributed by atoms with van der Waals surface area (Å²) in [6, 6.07) is 14.9. The van der Waals surface area contributed by atoms with E-state index < -0.39 is 0 Å². The third-order valence-electron chi connectivity index (χ3n) is 3.87. The Hall–Kier alpha value is -1.36. The zero-order valence-corrected chi connectivity index (χ0v) is 12.1. The lowest BCUT2D eigenvalue weighted by molar-refractivity contribution is 0.468. The maximum atomic E-state index is 5.78. The molecular weight excluding hydrogens is 266 g/mol. The van der Waals surface area contributed by atoms with Crippen LogP contribution in [0.2, 0.25) is 0 Å². The van der Waals surface area contributed by atoms with Crippen LogP contribution in [0.4, 0.5) is 0 Å². The molecule has 1 aliphatic carbocycles. The number of nitrogens with zero attached hydrogens (tertiary/aromatic N) is 1. The van der Waals surface area contributed by atoms with Crippen molar-refractivity contribution in [3.8, 4) is 0 Å². The van der Waals surface area contributed by atoms with Gasteiger partial charge in [-0.2, -0.15) is 0 Å². The van der Waals surface area contributed by atoms with Gasteiger partial charge in [-0.15, -0.1) is 11.8 Å². The third kappa shape index (κ3) is 2.87. The highest BCUT2D eigenvalue weighted by Crippen LogP contribution is 2.35. The van der Waals surface area contributed by atoms with Crippen molar-refractivity contribution in [3.05, 3.63) is 59.9 Å². The number of hydrogen-bond acceptors (Lipinski definition) is 4. The lowest BCUT2D eigenvalue weighted by Crippen LogP contribution is -2.41. The van der Waals surface area contributed by atoms with Gasteiger partial charge in [0.2, 0.25) is 0 Å². The summed E-state index contributed by atoms with van der Waals surface area (Å²) in [6.45, 7) is 0. The molecule has 0 amide bonds. The van der Waals surface area contributed by atoms with Crippen LogP contribution < -0.4 is 11.3 Å². The summed E-state index contributed by atoms with van der Waals surface area (Å²) in [4.78, 5) is 5.84. The normalized spacial score (nSPS) is 18.8. The van der Waals surface area contributed by atoms with Crippen LogP contribution in [0.1, 0.15) is 23.6 Å². The van der Waals surface area contributed by atoms with Gasteiger partial charge in [0.25, 0.3) is 0 Å². The monoisotopic (exact) mass is 285 g/mol. The number of benzene rings is 1. The fourth-order valence-corrected chi connectivity index (χ4v) is 3.87. The van der Waals surface area contributed by atoms with E-state index in [2.05, 4.69) is 40.7 Å². The molecule has 0 spiro atoms. The van der Waals surface area contributed by atoms with E-state index >= 15 is 0 Å². The highest BCUT2D eigenvalue weighted by molar-refractivity contribution is 7.99. The van der Waals surface area contributed by atoms with E-state index in [9.17, 15) is 0 Å². The van der Waals surface area contributed by atoms with Gasteiger partial charge in [0, 0.05) is 34.5 Å². The van der Waals surface area contributed by atoms with Gasteiger partial charge in [-0.1, -0.05) is 24.3 Å². The lowest BCUT2D eigenvalue weighted by atomic mass is 9.99. The summed E-state index contributed by atoms with van der Waals surface area (Å²) in [5.74, 6) is 7.17. The van der Waals surface area contributed by atoms with Crippen molar-refractivity contribution in [2.45, 2.75) is 29.7 Å². The number of nitrogens with two attached hydrogens (primary N) is 1. The molecule has 0 aliphatic heterocycles. The van der Waals surface area contributed by atoms with Gasteiger partial charge in [0.1, 0.15) is 0 Å². The molecule has 1 aliphatic rings. The summed E-state index contributed by atoms with van der Waals surface area (Å²) in [6.07, 6.45) is 4.13. The van der Waals surface area contributed by atoms with Gasteiger partial charge in [0.15, 0.2) is 0 Å². The Morgan fingerprint density at radius 1 is 1.25 bits per heavy atom. The summed E-state index contributed by atoms with van der Waals surface area (Å²) in [5.41, 5.74) is 5.60. The minimum Gasteiger partial charge on any atom is -0.271 e. The zero-order chi connectivity index (χ0) is 13.8. The van der Waals surface area contributed by atoms with Gasteiger partial charge in [-0.05, 0) is 36.6 Å². The molecule has 2 aromatic rings. The number of thioether (sulfide) groups is 1. The first-order valence-corrected chi connectivity index (χ1v) is 7.95. The SMILES string of the molecule is NNC(CSc1ccccc1)C1CCc2cccnc21. The highest BCUT2D eigenvalue weighted by Gasteiger charge is 2.30. The molecule has 0 radical (unpaired) electrons. The van der Waals surface area contributed by atoms with E-state index in [4.69, 9.17) is 5.84 Å². The number of hydrazine groups is 1. The van der Waals surface area contributed by atoms with Crippen molar-refractivity contribution in [2.24, 2.45) is 5.84 Å². The topological polar surface area (TPSA) is 50.9 Å². The fourth-order valence-electron chi connectivity index (χ4n) is 2.82. The second-order valence-electron chi connectivity index (χ2n) is 5.09. The molecule has 0 saturated heterocycles. The molecule has 2 unspecified atom stereocenters. The van der Waals surface area contributed by atoms with E-state index in [1.807, 2.05) is 30.1 Å². The van der Waals surface area contributed by atoms with Gasteiger partial charge < -0.3 is 0 Å². The predicted octanol–water partition coefficient (Wildman–Crippen LogP) is 2.74. The van der Waals surface area contributed by atoms with Gasteiger partial charge in [-0.3, -0.25) is 16.3 Å². The van der Waals surface area contributed by atoms with Crippen LogP contribution in [0.15, 0.2) is 53.6 Å². The van der Waals surface area contributed by atoms with Crippen LogP contribution in [0.5, 0.6) is 0 Å². The molecule has 3 nitrogen and oxygen atoms in total. The largest absolute Gasteiger partial charge is 0.271 e. The van der Waals surface area contributed by atoms with Crippen LogP contribution in [-0.2, 0) is 6.42 Å². The number of nitrogens with one attached hydrogen (secondary N) is 1. The maximum Gasteiger partial charge on any atom is 0.0482 e. The fraction of sp³-hybridized carbons (Fsp3) is 0.312. The number of aryl methyl sites for hydroxylation is 1. The summed E-state index contributed by atoms with van der Waals surface area (Å²) in [7, 11) is 0. The minimum absolute atomic E-state index is 0.261. The Morgan fingerprint density at radius 3 is 2.90 bits per heavy atom. The number of aromatic nitrogens is 1. The van der Waals surface area contributed by atoms with E-state index in [0.717, 1.165) is 18.6 Å². The van der Waals surface area contributed by atoms with E-state index in [0.29, 0.717) is 5.92 Å². The van der Waals surface area contributed by atoms with Crippen molar-refractivity contribution in [2.75, 3.05) is 5.75 Å². The molecule has 0 fully saturated rings. The van der Waals surface area contributed by atoms with Crippen molar-refractivity contribution < 1.29 is 0 Å². The van der Waals surface area contributed by atoms with E-state index in [1.165, 1.54) is 16.2 Å². The van der Waals surface area contributed by atoms with E-state index in [1.54, 1.807) is 0 Å². The minimum atomic E-state index is 0.261. The van der Waals surface area contributed by atoms with Crippen LogP contribution in [0, 0.1) is 0 Å². The van der Waals surface area contributed by atoms with Crippen molar-refractivity contribution in [3.63, 3.8) is 0 Å². The molecule has 2 atom stereocenters. The smallest absolute Gasteiger partial charge is 0.0482 e. The summed E-state index contributed by atoms with van der Waals surface area (Å²) < 4.78 is 0. The Morgan fingerprint density at radius 2 is 2.10 bits per heavy atom. The molecule has 1 aromatic carbocycles. The Bertz CT molecular complexity index is 559. The van der Waals surface area contributed by atoms with E-state index in [-0.39, 0.29) is 6.04 Å². The van der Waals surface area contributed by atoms with Crippen LogP contribution >= 0.6 is 11.8 Å². The Kier molecular flexibility index (Phi) is 4.35. The molecule has 104 valence electrons. The third-order valence-corrected chi connectivity index (χ3v) is 5.01. The first-order chi connectivity index (χ1) is 9.88. The van der Waals surface area contributed by atoms with Gasteiger partial charge in [-0.25, -0.2) is 0 Å². The summed E-state index contributed by atoms with van der Waals surface area (Å²) >= 11 is 1.84. The van der Waals surface area contributed by atoms with Gasteiger partial charge in [0.05, 0.1) is 0 Å². The lowest BCUT2D eigenvalue weighted by Gasteiger charge is -2.22. The molecule has 0 saturated carbocycles. The van der Waals surface area contributed by atoms with Crippen molar-refractivity contribution in [1.82, 2.24) is 10.4 Å². The molecule has 1 aromatic heterocycles. The second kappa shape index (κ2) is 6.39. The first-order valence-electron chi connectivity index (χ1n) is 6.96. The number of fused-ring (bicyclic) bond motifs is 1. The standard InChI is InChI=1S/C16H19N3S/c17-19-15(11-20-13-6-2-1-3-7-13)14-9-8-12-5-4-10-18-16(12)14/h1-7,10,14-15,19H,8-9,11,17H2. The molecule has 20 heavy (non-hydrogen) atoms.